The van der Waals surface area contributed by atoms with Crippen LogP contribution in [0, 0.1) is 0 Å². The summed E-state index contributed by atoms with van der Waals surface area (Å²) in [7, 11) is -1.98. The Morgan fingerprint density at radius 2 is 2.11 bits per heavy atom. The van der Waals surface area contributed by atoms with Gasteiger partial charge in [-0.1, -0.05) is 0 Å². The van der Waals surface area contributed by atoms with E-state index in [-0.39, 0.29) is 23.9 Å². The highest BCUT2D eigenvalue weighted by Gasteiger charge is 2.13. The lowest BCUT2D eigenvalue weighted by atomic mass is 10.5. The fourth-order valence-electron chi connectivity index (χ4n) is 1.13. The van der Waals surface area contributed by atoms with E-state index < -0.39 is 10.0 Å². The maximum absolute atomic E-state index is 11.8. The molecular weight excluding hydrogens is 258 g/mol. The molecule has 1 rings (SSSR count). The molecule has 18 heavy (non-hydrogen) atoms. The molecule has 0 saturated heterocycles. The molecule has 0 aliphatic heterocycles. The number of ether oxygens (including phenoxy) is 2. The lowest BCUT2D eigenvalue weighted by Gasteiger charge is -2.07. The fourth-order valence-corrected chi connectivity index (χ4v) is 2.08. The fraction of sp³-hybridized carbons (Fsp3) is 0.500. The molecule has 3 N–H and O–H groups in total. The maximum Gasteiger partial charge on any atom is 0.242 e. The zero-order chi connectivity index (χ0) is 13.4. The molecule has 0 aromatic carbocycles. The molecule has 0 saturated carbocycles. The van der Waals surface area contributed by atoms with E-state index in [0.29, 0.717) is 13.2 Å². The Morgan fingerprint density at radius 1 is 1.33 bits per heavy atom. The number of rotatable bonds is 8. The average Bonchev–Trinajstić information content (AvgIpc) is 2.34. The van der Waals surface area contributed by atoms with Crippen molar-refractivity contribution in [3.63, 3.8) is 0 Å². The Bertz CT molecular complexity index is 447. The first-order valence-electron chi connectivity index (χ1n) is 5.34. The van der Waals surface area contributed by atoms with E-state index in [9.17, 15) is 8.42 Å². The SMILES string of the molecule is COCCOCCNS(=O)(=O)c1ccc(N)nc1. The van der Waals surface area contributed by atoms with Gasteiger partial charge < -0.3 is 15.2 Å². The molecule has 102 valence electrons. The highest BCUT2D eigenvalue weighted by molar-refractivity contribution is 7.89. The van der Waals surface area contributed by atoms with Crippen LogP contribution in [-0.2, 0) is 19.5 Å². The van der Waals surface area contributed by atoms with Crippen LogP contribution in [0.4, 0.5) is 5.82 Å². The molecule has 0 aliphatic rings. The molecule has 0 atom stereocenters. The smallest absolute Gasteiger partial charge is 0.242 e. The number of methoxy groups -OCH3 is 1. The van der Waals surface area contributed by atoms with Crippen LogP contribution in [0.25, 0.3) is 0 Å². The quantitative estimate of drug-likeness (QED) is 0.626. The summed E-state index contributed by atoms with van der Waals surface area (Å²) in [6, 6.07) is 2.83. The first kappa shape index (κ1) is 14.8. The van der Waals surface area contributed by atoms with Crippen LogP contribution in [0.2, 0.25) is 0 Å². The highest BCUT2D eigenvalue weighted by atomic mass is 32.2. The van der Waals surface area contributed by atoms with Crippen molar-refractivity contribution in [2.75, 3.05) is 39.2 Å². The summed E-state index contributed by atoms with van der Waals surface area (Å²) in [6.07, 6.45) is 1.21. The van der Waals surface area contributed by atoms with Crippen LogP contribution in [0.1, 0.15) is 0 Å². The third-order valence-electron chi connectivity index (χ3n) is 2.04. The van der Waals surface area contributed by atoms with Crippen molar-refractivity contribution in [2.24, 2.45) is 0 Å². The van der Waals surface area contributed by atoms with E-state index in [1.165, 1.54) is 18.3 Å². The number of nitrogens with zero attached hydrogens (tertiary/aromatic N) is 1. The minimum absolute atomic E-state index is 0.0774. The molecule has 0 amide bonds. The first-order chi connectivity index (χ1) is 8.56. The van der Waals surface area contributed by atoms with Gasteiger partial charge in [-0.25, -0.2) is 18.1 Å². The number of anilines is 1. The number of hydrogen-bond donors (Lipinski definition) is 2. The topological polar surface area (TPSA) is 104 Å². The third kappa shape index (κ3) is 4.96. The largest absolute Gasteiger partial charge is 0.384 e. The molecule has 8 heteroatoms. The van der Waals surface area contributed by atoms with Crippen LogP contribution in [0.5, 0.6) is 0 Å². The number of nitrogen functional groups attached to an aromatic ring is 1. The zero-order valence-electron chi connectivity index (χ0n) is 10.1. The van der Waals surface area contributed by atoms with Gasteiger partial charge in [-0.3, -0.25) is 0 Å². The molecule has 1 aromatic rings. The van der Waals surface area contributed by atoms with Gasteiger partial charge in [0.15, 0.2) is 0 Å². The van der Waals surface area contributed by atoms with E-state index in [4.69, 9.17) is 15.2 Å². The number of sulfonamides is 1. The van der Waals surface area contributed by atoms with Crippen LogP contribution in [-0.4, -0.2) is 46.9 Å². The summed E-state index contributed by atoms with van der Waals surface area (Å²) in [5.41, 5.74) is 5.38. The van der Waals surface area contributed by atoms with Crippen LogP contribution >= 0.6 is 0 Å². The van der Waals surface area contributed by atoms with Gasteiger partial charge in [0.05, 0.1) is 19.8 Å². The number of aromatic nitrogens is 1. The summed E-state index contributed by atoms with van der Waals surface area (Å²) in [5, 5.41) is 0. The molecule has 7 nitrogen and oxygen atoms in total. The lowest BCUT2D eigenvalue weighted by molar-refractivity contribution is 0.0736. The average molecular weight is 275 g/mol. The third-order valence-corrected chi connectivity index (χ3v) is 3.49. The van der Waals surface area contributed by atoms with Crippen molar-refractivity contribution in [3.8, 4) is 0 Å². The number of nitrogens with two attached hydrogens (primary N) is 1. The monoisotopic (exact) mass is 275 g/mol. The van der Waals surface area contributed by atoms with Gasteiger partial charge in [0.1, 0.15) is 10.7 Å². The maximum atomic E-state index is 11.8. The molecule has 1 heterocycles. The Balaban J connectivity index is 2.38. The second-order valence-corrected chi connectivity index (χ2v) is 5.19. The number of pyridine rings is 1. The van der Waals surface area contributed by atoms with Crippen LogP contribution in [0.15, 0.2) is 23.2 Å². The lowest BCUT2D eigenvalue weighted by Crippen LogP contribution is -2.28. The minimum atomic E-state index is -3.55. The van der Waals surface area contributed by atoms with Crippen molar-refractivity contribution < 1.29 is 17.9 Å². The molecule has 0 spiro atoms. The van der Waals surface area contributed by atoms with Crippen molar-refractivity contribution >= 4 is 15.8 Å². The second kappa shape index (κ2) is 7.27. The van der Waals surface area contributed by atoms with Crippen molar-refractivity contribution in [1.82, 2.24) is 9.71 Å². The number of nitrogens with one attached hydrogen (secondary N) is 1. The van der Waals surface area contributed by atoms with E-state index >= 15 is 0 Å². The Labute approximate surface area is 106 Å². The Kier molecular flexibility index (Phi) is 5.99. The van der Waals surface area contributed by atoms with Gasteiger partial charge in [-0.2, -0.15) is 0 Å². The van der Waals surface area contributed by atoms with Gasteiger partial charge in [-0.15, -0.1) is 0 Å². The standard InChI is InChI=1S/C10H17N3O4S/c1-16-6-7-17-5-4-13-18(14,15)9-2-3-10(11)12-8-9/h2-3,8,13H,4-7H2,1H3,(H2,11,12). The van der Waals surface area contributed by atoms with E-state index in [1.807, 2.05) is 0 Å². The highest BCUT2D eigenvalue weighted by Crippen LogP contribution is 2.07. The van der Waals surface area contributed by atoms with Gasteiger partial charge >= 0.3 is 0 Å². The Hall–Kier alpha value is -1.22. The zero-order valence-corrected chi connectivity index (χ0v) is 10.9. The van der Waals surface area contributed by atoms with Crippen LogP contribution < -0.4 is 10.5 Å². The normalized spacial score (nSPS) is 11.6. The van der Waals surface area contributed by atoms with E-state index in [0.717, 1.165) is 0 Å². The summed E-state index contributed by atoms with van der Waals surface area (Å²) < 4.78 is 35.8. The predicted molar refractivity (Wildman–Crippen MR) is 66.5 cm³/mol. The van der Waals surface area contributed by atoms with E-state index in [2.05, 4.69) is 9.71 Å². The van der Waals surface area contributed by atoms with Gasteiger partial charge in [0.25, 0.3) is 0 Å². The molecule has 0 unspecified atom stereocenters. The molecular formula is C10H17N3O4S. The van der Waals surface area contributed by atoms with Gasteiger partial charge in [-0.05, 0) is 12.1 Å². The van der Waals surface area contributed by atoms with Crippen LogP contribution in [0.3, 0.4) is 0 Å². The number of hydrogen-bond acceptors (Lipinski definition) is 6. The van der Waals surface area contributed by atoms with E-state index in [1.54, 1.807) is 7.11 Å². The molecule has 0 fully saturated rings. The molecule has 0 radical (unpaired) electrons. The van der Waals surface area contributed by atoms with Gasteiger partial charge in [0, 0.05) is 19.9 Å². The predicted octanol–water partition coefficient (Wildman–Crippen LogP) is -0.395. The second-order valence-electron chi connectivity index (χ2n) is 3.42. The van der Waals surface area contributed by atoms with Crippen molar-refractivity contribution in [2.45, 2.75) is 4.90 Å². The summed E-state index contributed by atoms with van der Waals surface area (Å²) in [5.74, 6) is 0.275. The summed E-state index contributed by atoms with van der Waals surface area (Å²) in [4.78, 5) is 3.80. The molecule has 1 aromatic heterocycles. The summed E-state index contributed by atoms with van der Waals surface area (Å²) >= 11 is 0. The molecule has 0 bridgehead atoms. The van der Waals surface area contributed by atoms with Crippen molar-refractivity contribution in [1.29, 1.82) is 0 Å². The Morgan fingerprint density at radius 3 is 2.72 bits per heavy atom. The minimum Gasteiger partial charge on any atom is -0.384 e. The van der Waals surface area contributed by atoms with Crippen molar-refractivity contribution in [3.05, 3.63) is 18.3 Å². The molecule has 0 aliphatic carbocycles. The first-order valence-corrected chi connectivity index (χ1v) is 6.82. The van der Waals surface area contributed by atoms with Gasteiger partial charge in [0.2, 0.25) is 10.0 Å². The summed E-state index contributed by atoms with van der Waals surface area (Å²) in [6.45, 7) is 1.39.